The van der Waals surface area contributed by atoms with Crippen LogP contribution in [0.3, 0.4) is 0 Å². The second-order valence-electron chi connectivity index (χ2n) is 8.30. The first-order chi connectivity index (χ1) is 17.5. The normalized spacial score (nSPS) is 14.8. The van der Waals surface area contributed by atoms with Crippen molar-refractivity contribution in [3.63, 3.8) is 0 Å². The molecule has 0 spiro atoms. The van der Waals surface area contributed by atoms with Crippen LogP contribution in [-0.2, 0) is 16.0 Å². The molecule has 0 saturated carbocycles. The number of hydrogen-bond acceptors (Lipinski definition) is 8. The van der Waals surface area contributed by atoms with Crippen LogP contribution in [0.1, 0.15) is 23.1 Å². The third-order valence-electron chi connectivity index (χ3n) is 5.62. The van der Waals surface area contributed by atoms with Crippen molar-refractivity contribution in [2.75, 3.05) is 38.2 Å². The maximum atomic E-state index is 13.4. The second kappa shape index (κ2) is 12.3. The Kier molecular flexibility index (Phi) is 8.87. The monoisotopic (exact) mass is 524 g/mol. The van der Waals surface area contributed by atoms with Gasteiger partial charge in [-0.05, 0) is 43.0 Å². The molecule has 1 saturated heterocycles. The molecule has 3 aromatic rings. The Balaban J connectivity index is 1.57. The van der Waals surface area contributed by atoms with Gasteiger partial charge in [0.1, 0.15) is 15.8 Å². The predicted octanol–water partition coefficient (Wildman–Crippen LogP) is 3.26. The summed E-state index contributed by atoms with van der Waals surface area (Å²) in [5, 5.41) is 12.0. The first-order valence-electron chi connectivity index (χ1n) is 11.7. The van der Waals surface area contributed by atoms with Crippen molar-refractivity contribution < 1.29 is 14.6 Å². The number of aliphatic hydroxyl groups excluding tert-OH is 1. The second-order valence-corrected chi connectivity index (χ2v) is 9.97. The van der Waals surface area contributed by atoms with Gasteiger partial charge in [0.25, 0.3) is 11.5 Å². The number of ether oxygens (including phenoxy) is 1. The minimum absolute atomic E-state index is 0.0621. The Morgan fingerprint density at radius 2 is 1.97 bits per heavy atom. The van der Waals surface area contributed by atoms with Gasteiger partial charge >= 0.3 is 0 Å². The van der Waals surface area contributed by atoms with E-state index >= 15 is 0 Å². The molecule has 0 aliphatic carbocycles. The topological polar surface area (TPSA) is 96.2 Å². The number of pyridine rings is 1. The number of aromatic nitrogens is 2. The summed E-state index contributed by atoms with van der Waals surface area (Å²) in [5.41, 5.74) is 2.62. The maximum Gasteiger partial charge on any atom is 0.267 e. The molecule has 3 heterocycles. The number of benzene rings is 1. The number of hydrogen-bond donors (Lipinski definition) is 2. The summed E-state index contributed by atoms with van der Waals surface area (Å²) < 4.78 is 7.27. The van der Waals surface area contributed by atoms with Crippen LogP contribution in [-0.4, -0.2) is 62.5 Å². The van der Waals surface area contributed by atoms with Crippen LogP contribution in [0, 0.1) is 6.92 Å². The lowest BCUT2D eigenvalue weighted by molar-refractivity contribution is -0.122. The molecule has 8 nitrogen and oxygen atoms in total. The van der Waals surface area contributed by atoms with Gasteiger partial charge in [-0.2, -0.15) is 0 Å². The maximum absolute atomic E-state index is 13.4. The fourth-order valence-corrected chi connectivity index (χ4v) is 5.13. The van der Waals surface area contributed by atoms with Crippen LogP contribution in [0.4, 0.5) is 5.82 Å². The standard InChI is InChI=1S/C26H28N4O4S2/c1-18-9-10-22-28-23(27-11-14-34-15-13-31)20(24(32)30(22)17-18)16-21-25(33)29(26(35)36-21)12-5-8-19-6-3-2-4-7-19/h2-4,6-7,9-10,16-17,27,31H,5,8,11-15H2,1H3. The highest BCUT2D eigenvalue weighted by Gasteiger charge is 2.32. The number of nitrogens with zero attached hydrogens (tertiary/aromatic N) is 3. The van der Waals surface area contributed by atoms with Crippen molar-refractivity contribution in [2.45, 2.75) is 19.8 Å². The Hall–Kier alpha value is -3.05. The molecule has 1 aromatic carbocycles. The fraction of sp³-hybridized carbons (Fsp3) is 0.308. The summed E-state index contributed by atoms with van der Waals surface area (Å²) in [5.74, 6) is 0.162. The van der Waals surface area contributed by atoms with E-state index in [-0.39, 0.29) is 30.2 Å². The van der Waals surface area contributed by atoms with E-state index in [0.29, 0.717) is 40.4 Å². The van der Waals surface area contributed by atoms with Gasteiger partial charge in [-0.25, -0.2) is 4.98 Å². The van der Waals surface area contributed by atoms with Crippen molar-refractivity contribution in [1.82, 2.24) is 14.3 Å². The predicted molar refractivity (Wildman–Crippen MR) is 147 cm³/mol. The molecule has 10 heteroatoms. The largest absolute Gasteiger partial charge is 0.394 e. The van der Waals surface area contributed by atoms with Crippen molar-refractivity contribution in [3.05, 3.63) is 80.6 Å². The third-order valence-corrected chi connectivity index (χ3v) is 7.00. The number of amides is 1. The Morgan fingerprint density at radius 3 is 2.75 bits per heavy atom. The lowest BCUT2D eigenvalue weighted by Crippen LogP contribution is -2.29. The average Bonchev–Trinajstić information content (AvgIpc) is 3.14. The highest BCUT2D eigenvalue weighted by molar-refractivity contribution is 8.26. The summed E-state index contributed by atoms with van der Waals surface area (Å²) in [6.07, 6.45) is 4.94. The Labute approximate surface area is 219 Å². The van der Waals surface area contributed by atoms with Crippen molar-refractivity contribution in [3.8, 4) is 0 Å². The molecule has 1 aliphatic rings. The summed E-state index contributed by atoms with van der Waals surface area (Å²) in [4.78, 5) is 33.2. The highest BCUT2D eigenvalue weighted by Crippen LogP contribution is 2.33. The minimum Gasteiger partial charge on any atom is -0.394 e. The number of rotatable bonds is 11. The molecule has 2 N–H and O–H groups in total. The van der Waals surface area contributed by atoms with Crippen LogP contribution in [0.25, 0.3) is 11.7 Å². The molecule has 4 rings (SSSR count). The number of fused-ring (bicyclic) bond motifs is 1. The third kappa shape index (κ3) is 6.19. The zero-order chi connectivity index (χ0) is 25.5. The summed E-state index contributed by atoms with van der Waals surface area (Å²) >= 11 is 6.68. The first kappa shape index (κ1) is 26.0. The fourth-order valence-electron chi connectivity index (χ4n) is 3.84. The molecule has 1 fully saturated rings. The first-order valence-corrected chi connectivity index (χ1v) is 12.9. The van der Waals surface area contributed by atoms with E-state index in [9.17, 15) is 9.59 Å². The molecule has 36 heavy (non-hydrogen) atoms. The van der Waals surface area contributed by atoms with E-state index in [1.165, 1.54) is 21.7 Å². The van der Waals surface area contributed by atoms with Crippen molar-refractivity contribution in [1.29, 1.82) is 0 Å². The van der Waals surface area contributed by atoms with Crippen LogP contribution in [0.5, 0.6) is 0 Å². The molecule has 2 aromatic heterocycles. The van der Waals surface area contributed by atoms with Gasteiger partial charge < -0.3 is 15.2 Å². The molecule has 0 radical (unpaired) electrons. The van der Waals surface area contributed by atoms with Crippen LogP contribution in [0.2, 0.25) is 0 Å². The number of aliphatic hydroxyl groups is 1. The molecule has 0 atom stereocenters. The lowest BCUT2D eigenvalue weighted by Gasteiger charge is -2.14. The number of thiocarbonyl (C=S) groups is 1. The zero-order valence-electron chi connectivity index (χ0n) is 20.0. The number of thioether (sulfide) groups is 1. The van der Waals surface area contributed by atoms with E-state index in [0.717, 1.165) is 18.4 Å². The van der Waals surface area contributed by atoms with E-state index in [1.807, 2.05) is 31.2 Å². The van der Waals surface area contributed by atoms with Gasteiger partial charge in [-0.3, -0.25) is 18.9 Å². The molecular formula is C26H28N4O4S2. The Bertz CT molecular complexity index is 1340. The lowest BCUT2D eigenvalue weighted by atomic mass is 10.1. The number of anilines is 1. The number of aryl methyl sites for hydroxylation is 2. The van der Waals surface area contributed by atoms with E-state index in [1.54, 1.807) is 23.2 Å². The molecule has 1 aliphatic heterocycles. The SMILES string of the molecule is Cc1ccc2nc(NCCOCCO)c(C=C3SC(=S)N(CCCc4ccccc4)C3=O)c(=O)n2c1. The van der Waals surface area contributed by atoms with Gasteiger partial charge in [0.15, 0.2) is 0 Å². The minimum atomic E-state index is -0.281. The average molecular weight is 525 g/mol. The summed E-state index contributed by atoms with van der Waals surface area (Å²) in [7, 11) is 0. The number of nitrogens with one attached hydrogen (secondary N) is 1. The van der Waals surface area contributed by atoms with Gasteiger partial charge in [-0.15, -0.1) is 0 Å². The van der Waals surface area contributed by atoms with Gasteiger partial charge in [0.2, 0.25) is 0 Å². The number of carbonyl (C=O) groups is 1. The van der Waals surface area contributed by atoms with Crippen LogP contribution < -0.4 is 10.9 Å². The quantitative estimate of drug-likeness (QED) is 0.224. The van der Waals surface area contributed by atoms with Crippen LogP contribution in [0.15, 0.2) is 58.4 Å². The van der Waals surface area contributed by atoms with Crippen molar-refractivity contribution >= 4 is 51.7 Å². The van der Waals surface area contributed by atoms with Crippen LogP contribution >= 0.6 is 24.0 Å². The van der Waals surface area contributed by atoms with E-state index < -0.39 is 0 Å². The Morgan fingerprint density at radius 1 is 1.17 bits per heavy atom. The molecule has 0 unspecified atom stereocenters. The summed E-state index contributed by atoms with van der Waals surface area (Å²) in [6, 6.07) is 13.8. The molecular weight excluding hydrogens is 496 g/mol. The van der Waals surface area contributed by atoms with E-state index in [2.05, 4.69) is 22.4 Å². The number of carbonyl (C=O) groups excluding carboxylic acids is 1. The molecule has 1 amide bonds. The molecule has 188 valence electrons. The highest BCUT2D eigenvalue weighted by atomic mass is 32.2. The summed E-state index contributed by atoms with van der Waals surface area (Å²) in [6.45, 7) is 3.30. The molecule has 0 bridgehead atoms. The van der Waals surface area contributed by atoms with Gasteiger partial charge in [0.05, 0.1) is 30.3 Å². The van der Waals surface area contributed by atoms with Crippen molar-refractivity contribution in [2.24, 2.45) is 0 Å². The smallest absolute Gasteiger partial charge is 0.267 e. The van der Waals surface area contributed by atoms with Gasteiger partial charge in [-0.1, -0.05) is 60.4 Å². The van der Waals surface area contributed by atoms with E-state index in [4.69, 9.17) is 22.1 Å². The zero-order valence-corrected chi connectivity index (χ0v) is 21.6. The van der Waals surface area contributed by atoms with Gasteiger partial charge in [0, 0.05) is 19.3 Å².